The Balaban J connectivity index is 2.49. The van der Waals surface area contributed by atoms with Crippen molar-refractivity contribution in [2.75, 3.05) is 39.0 Å². The molecule has 19 heavy (non-hydrogen) atoms. The second-order valence-electron chi connectivity index (χ2n) is 5.41. The van der Waals surface area contributed by atoms with Crippen LogP contribution in [0.3, 0.4) is 0 Å². The van der Waals surface area contributed by atoms with Crippen LogP contribution in [0.4, 0.5) is 0 Å². The molecule has 1 aliphatic rings. The van der Waals surface area contributed by atoms with Crippen LogP contribution in [0.2, 0.25) is 0 Å². The first-order chi connectivity index (χ1) is 8.90. The van der Waals surface area contributed by atoms with Crippen molar-refractivity contribution in [1.82, 2.24) is 14.5 Å². The number of hydrogen-bond donors (Lipinski definition) is 1. The van der Waals surface area contributed by atoms with Gasteiger partial charge < -0.3 is 5.32 Å². The van der Waals surface area contributed by atoms with Gasteiger partial charge in [0.1, 0.15) is 0 Å². The Hall–Kier alpha value is -0.170. The van der Waals surface area contributed by atoms with E-state index in [1.807, 2.05) is 0 Å². The zero-order chi connectivity index (χ0) is 14.5. The van der Waals surface area contributed by atoms with E-state index in [9.17, 15) is 8.42 Å². The SMILES string of the molecule is CCCNC(CC)C(C)N1CCN(S(C)(=O)=O)CC1. The molecule has 1 heterocycles. The summed E-state index contributed by atoms with van der Waals surface area (Å²) in [6.07, 6.45) is 3.54. The summed E-state index contributed by atoms with van der Waals surface area (Å²) in [5, 5.41) is 3.58. The zero-order valence-electron chi connectivity index (χ0n) is 12.7. The molecule has 6 heteroatoms. The molecule has 0 aromatic carbocycles. The van der Waals surface area contributed by atoms with Crippen LogP contribution < -0.4 is 5.32 Å². The predicted molar refractivity (Wildman–Crippen MR) is 79.8 cm³/mol. The molecule has 0 aliphatic carbocycles. The molecule has 1 fully saturated rings. The quantitative estimate of drug-likeness (QED) is 0.751. The smallest absolute Gasteiger partial charge is 0.211 e. The van der Waals surface area contributed by atoms with Crippen molar-refractivity contribution in [1.29, 1.82) is 0 Å². The van der Waals surface area contributed by atoms with Gasteiger partial charge in [0, 0.05) is 38.3 Å². The van der Waals surface area contributed by atoms with E-state index >= 15 is 0 Å². The molecule has 0 bridgehead atoms. The molecule has 1 N–H and O–H groups in total. The molecule has 2 unspecified atom stereocenters. The van der Waals surface area contributed by atoms with E-state index < -0.39 is 10.0 Å². The highest BCUT2D eigenvalue weighted by Crippen LogP contribution is 2.13. The van der Waals surface area contributed by atoms with E-state index in [1.165, 1.54) is 6.26 Å². The van der Waals surface area contributed by atoms with Crippen LogP contribution in [0.25, 0.3) is 0 Å². The Labute approximate surface area is 118 Å². The van der Waals surface area contributed by atoms with Gasteiger partial charge in [-0.3, -0.25) is 4.90 Å². The largest absolute Gasteiger partial charge is 0.312 e. The Morgan fingerprint density at radius 2 is 1.74 bits per heavy atom. The molecular weight excluding hydrogens is 262 g/mol. The van der Waals surface area contributed by atoms with Gasteiger partial charge in [0.15, 0.2) is 0 Å². The molecule has 0 saturated carbocycles. The molecule has 5 nitrogen and oxygen atoms in total. The van der Waals surface area contributed by atoms with Gasteiger partial charge in [0.05, 0.1) is 6.26 Å². The maximum absolute atomic E-state index is 11.5. The maximum Gasteiger partial charge on any atom is 0.211 e. The summed E-state index contributed by atoms with van der Waals surface area (Å²) < 4.78 is 24.6. The summed E-state index contributed by atoms with van der Waals surface area (Å²) in [4.78, 5) is 2.40. The van der Waals surface area contributed by atoms with Gasteiger partial charge in [0.25, 0.3) is 0 Å². The molecule has 114 valence electrons. The molecule has 2 atom stereocenters. The molecular formula is C13H29N3O2S. The van der Waals surface area contributed by atoms with Crippen molar-refractivity contribution in [3.63, 3.8) is 0 Å². The lowest BCUT2D eigenvalue weighted by molar-refractivity contribution is 0.119. The molecule has 0 amide bonds. The van der Waals surface area contributed by atoms with Crippen molar-refractivity contribution in [2.45, 2.75) is 45.7 Å². The van der Waals surface area contributed by atoms with Gasteiger partial charge in [-0.25, -0.2) is 8.42 Å². The van der Waals surface area contributed by atoms with E-state index in [1.54, 1.807) is 4.31 Å². The zero-order valence-corrected chi connectivity index (χ0v) is 13.5. The Morgan fingerprint density at radius 3 is 2.16 bits per heavy atom. The van der Waals surface area contributed by atoms with Crippen molar-refractivity contribution < 1.29 is 8.42 Å². The standard InChI is InChI=1S/C13H29N3O2S/c1-5-7-14-13(6-2)12(3)15-8-10-16(11-9-15)19(4,17)18/h12-14H,5-11H2,1-4H3. The van der Waals surface area contributed by atoms with Gasteiger partial charge >= 0.3 is 0 Å². The monoisotopic (exact) mass is 291 g/mol. The molecule has 0 radical (unpaired) electrons. The lowest BCUT2D eigenvalue weighted by atomic mass is 10.0. The minimum Gasteiger partial charge on any atom is -0.312 e. The van der Waals surface area contributed by atoms with E-state index in [0.29, 0.717) is 25.2 Å². The highest BCUT2D eigenvalue weighted by molar-refractivity contribution is 7.88. The van der Waals surface area contributed by atoms with Crippen LogP contribution >= 0.6 is 0 Å². The van der Waals surface area contributed by atoms with E-state index in [-0.39, 0.29) is 0 Å². The van der Waals surface area contributed by atoms with Crippen molar-refractivity contribution >= 4 is 10.0 Å². The van der Waals surface area contributed by atoms with Gasteiger partial charge in [0.2, 0.25) is 10.0 Å². The van der Waals surface area contributed by atoms with Gasteiger partial charge in [-0.05, 0) is 26.3 Å². The fourth-order valence-electron chi connectivity index (χ4n) is 2.68. The van der Waals surface area contributed by atoms with Crippen molar-refractivity contribution in [3.8, 4) is 0 Å². The van der Waals surface area contributed by atoms with Crippen molar-refractivity contribution in [2.24, 2.45) is 0 Å². The average Bonchev–Trinajstić information content (AvgIpc) is 2.38. The fourth-order valence-corrected chi connectivity index (χ4v) is 3.51. The Bertz CT molecular complexity index is 351. The maximum atomic E-state index is 11.5. The summed E-state index contributed by atoms with van der Waals surface area (Å²) in [6.45, 7) is 10.6. The molecule has 1 rings (SSSR count). The average molecular weight is 291 g/mol. The van der Waals surface area contributed by atoms with Gasteiger partial charge in [-0.2, -0.15) is 4.31 Å². The van der Waals surface area contributed by atoms with Crippen LogP contribution in [-0.4, -0.2) is 68.7 Å². The number of sulfonamides is 1. The summed E-state index contributed by atoms with van der Waals surface area (Å²) in [6, 6.07) is 0.947. The van der Waals surface area contributed by atoms with Crippen LogP contribution in [0.1, 0.15) is 33.6 Å². The normalized spacial score (nSPS) is 22.3. The van der Waals surface area contributed by atoms with Crippen molar-refractivity contribution in [3.05, 3.63) is 0 Å². The van der Waals surface area contributed by atoms with Gasteiger partial charge in [-0.15, -0.1) is 0 Å². The molecule has 0 aromatic rings. The Kier molecular flexibility index (Phi) is 6.73. The highest BCUT2D eigenvalue weighted by Gasteiger charge is 2.28. The van der Waals surface area contributed by atoms with Crippen LogP contribution in [0.5, 0.6) is 0 Å². The van der Waals surface area contributed by atoms with Crippen LogP contribution in [-0.2, 0) is 10.0 Å². The molecule has 1 aliphatic heterocycles. The first-order valence-corrected chi connectivity index (χ1v) is 9.17. The predicted octanol–water partition coefficient (Wildman–Crippen LogP) is 0.730. The molecule has 0 spiro atoms. The number of nitrogens with zero attached hydrogens (tertiary/aromatic N) is 2. The minimum absolute atomic E-state index is 0.457. The first-order valence-electron chi connectivity index (χ1n) is 7.32. The third kappa shape index (κ3) is 5.02. The third-order valence-corrected chi connectivity index (χ3v) is 5.30. The summed E-state index contributed by atoms with van der Waals surface area (Å²) in [5.74, 6) is 0. The third-order valence-electron chi connectivity index (χ3n) is 4.00. The molecule has 1 saturated heterocycles. The Morgan fingerprint density at radius 1 is 1.16 bits per heavy atom. The highest BCUT2D eigenvalue weighted by atomic mass is 32.2. The first kappa shape index (κ1) is 16.9. The lowest BCUT2D eigenvalue weighted by Crippen LogP contribution is -2.56. The van der Waals surface area contributed by atoms with Crippen LogP contribution in [0, 0.1) is 0 Å². The number of hydrogen-bond acceptors (Lipinski definition) is 4. The summed E-state index contributed by atoms with van der Waals surface area (Å²) in [7, 11) is -3.02. The fraction of sp³-hybridized carbons (Fsp3) is 1.00. The lowest BCUT2D eigenvalue weighted by Gasteiger charge is -2.40. The van der Waals surface area contributed by atoms with E-state index in [4.69, 9.17) is 0 Å². The number of rotatable bonds is 7. The van der Waals surface area contributed by atoms with E-state index in [2.05, 4.69) is 31.0 Å². The van der Waals surface area contributed by atoms with Gasteiger partial charge in [-0.1, -0.05) is 13.8 Å². The van der Waals surface area contributed by atoms with Crippen LogP contribution in [0.15, 0.2) is 0 Å². The summed E-state index contributed by atoms with van der Waals surface area (Å²) in [5.41, 5.74) is 0. The number of piperazine rings is 1. The second kappa shape index (κ2) is 7.57. The molecule has 0 aromatic heterocycles. The minimum atomic E-state index is -3.02. The topological polar surface area (TPSA) is 52.6 Å². The van der Waals surface area contributed by atoms with E-state index in [0.717, 1.165) is 32.5 Å². The second-order valence-corrected chi connectivity index (χ2v) is 7.39. The number of nitrogens with one attached hydrogen (secondary N) is 1. The summed E-state index contributed by atoms with van der Waals surface area (Å²) >= 11 is 0.